The van der Waals surface area contributed by atoms with Crippen LogP contribution in [-0.4, -0.2) is 18.1 Å². The van der Waals surface area contributed by atoms with Gasteiger partial charge in [-0.3, -0.25) is 4.79 Å². The van der Waals surface area contributed by atoms with E-state index in [4.69, 9.17) is 4.74 Å². The second-order valence-corrected chi connectivity index (χ2v) is 11.8. The molecule has 3 heteroatoms. The molecular formula is C26H36O2S. The highest BCUT2D eigenvalue weighted by Crippen LogP contribution is 2.66. The predicted molar refractivity (Wildman–Crippen MR) is 119 cm³/mol. The molecule has 0 aliphatic heterocycles. The molecule has 0 N–H and O–H groups in total. The maximum atomic E-state index is 12.1. The summed E-state index contributed by atoms with van der Waals surface area (Å²) >= 11 is 1.78. The second-order valence-electron chi connectivity index (χ2n) is 10.9. The van der Waals surface area contributed by atoms with Crippen LogP contribution in [0.25, 0.3) is 0 Å². The Hall–Kier alpha value is -0.960. The van der Waals surface area contributed by atoms with Crippen LogP contribution in [-0.2, 0) is 4.79 Å². The smallest absolute Gasteiger partial charge is 0.133 e. The number of rotatable bonds is 3. The van der Waals surface area contributed by atoms with Crippen molar-refractivity contribution in [2.24, 2.45) is 34.5 Å². The molecule has 4 saturated carbocycles. The van der Waals surface area contributed by atoms with Gasteiger partial charge in [-0.15, -0.1) is 11.8 Å². The van der Waals surface area contributed by atoms with E-state index in [-0.39, 0.29) is 0 Å². The Morgan fingerprint density at radius 1 is 1.03 bits per heavy atom. The van der Waals surface area contributed by atoms with Crippen molar-refractivity contribution < 1.29 is 9.53 Å². The first-order chi connectivity index (χ1) is 13.9. The van der Waals surface area contributed by atoms with Gasteiger partial charge in [0.1, 0.15) is 11.5 Å². The zero-order valence-electron chi connectivity index (χ0n) is 18.3. The molecule has 0 heterocycles. The summed E-state index contributed by atoms with van der Waals surface area (Å²) in [6, 6.07) is 8.63. The van der Waals surface area contributed by atoms with Crippen molar-refractivity contribution in [3.8, 4) is 5.75 Å². The second kappa shape index (κ2) is 7.32. The highest BCUT2D eigenvalue weighted by molar-refractivity contribution is 7.98. The number of ether oxygens (including phenoxy) is 1. The van der Waals surface area contributed by atoms with E-state index in [9.17, 15) is 4.79 Å². The molecule has 4 fully saturated rings. The highest BCUT2D eigenvalue weighted by Gasteiger charge is 2.59. The van der Waals surface area contributed by atoms with Crippen molar-refractivity contribution in [2.75, 3.05) is 6.26 Å². The van der Waals surface area contributed by atoms with Crippen LogP contribution in [0.2, 0.25) is 0 Å². The van der Waals surface area contributed by atoms with Gasteiger partial charge in [0.05, 0.1) is 6.10 Å². The molecule has 0 amide bonds. The van der Waals surface area contributed by atoms with Gasteiger partial charge in [-0.25, -0.2) is 0 Å². The molecule has 5 rings (SSSR count). The Balaban J connectivity index is 1.32. The fraction of sp³-hybridized carbons (Fsp3) is 0.731. The van der Waals surface area contributed by atoms with E-state index in [0.29, 0.717) is 28.6 Å². The monoisotopic (exact) mass is 412 g/mol. The summed E-state index contributed by atoms with van der Waals surface area (Å²) < 4.78 is 6.50. The van der Waals surface area contributed by atoms with Crippen LogP contribution < -0.4 is 4.74 Å². The Labute approximate surface area is 180 Å². The van der Waals surface area contributed by atoms with E-state index in [0.717, 1.165) is 42.8 Å². The first-order valence-corrected chi connectivity index (χ1v) is 13.0. The molecule has 4 aliphatic rings. The van der Waals surface area contributed by atoms with E-state index in [1.807, 2.05) is 0 Å². The van der Waals surface area contributed by atoms with Gasteiger partial charge in [0.2, 0.25) is 0 Å². The van der Waals surface area contributed by atoms with Crippen LogP contribution in [0.1, 0.15) is 71.6 Å². The highest BCUT2D eigenvalue weighted by atomic mass is 32.2. The molecule has 1 aromatic carbocycles. The molecular weight excluding hydrogens is 376 g/mol. The van der Waals surface area contributed by atoms with Crippen molar-refractivity contribution >= 4 is 17.5 Å². The van der Waals surface area contributed by atoms with Crippen LogP contribution in [0.3, 0.4) is 0 Å². The van der Waals surface area contributed by atoms with Crippen molar-refractivity contribution in [1.82, 2.24) is 0 Å². The first-order valence-electron chi connectivity index (χ1n) is 11.7. The molecule has 0 aromatic heterocycles. The molecule has 0 bridgehead atoms. The minimum absolute atomic E-state index is 0.363. The maximum absolute atomic E-state index is 12.1. The summed E-state index contributed by atoms with van der Waals surface area (Å²) in [6.07, 6.45) is 13.1. The lowest BCUT2D eigenvalue weighted by Crippen LogP contribution is -2.52. The van der Waals surface area contributed by atoms with Gasteiger partial charge in [-0.2, -0.15) is 0 Å². The molecule has 29 heavy (non-hydrogen) atoms. The molecule has 0 radical (unpaired) electrons. The van der Waals surface area contributed by atoms with Crippen LogP contribution >= 0.6 is 11.8 Å². The third kappa shape index (κ3) is 3.36. The SMILES string of the molecule is CSc1ccc(O[C@H]2C[C@H]3[C@@H]4CC[C@H]5CC(=O)CC[C@]5(C)[C@H]4CC[C@]3(C)C2)cc1. The summed E-state index contributed by atoms with van der Waals surface area (Å²) in [5.74, 6) is 4.68. The lowest BCUT2D eigenvalue weighted by atomic mass is 9.45. The minimum atomic E-state index is 0.363. The summed E-state index contributed by atoms with van der Waals surface area (Å²) in [4.78, 5) is 13.4. The van der Waals surface area contributed by atoms with E-state index in [1.165, 1.54) is 43.4 Å². The quantitative estimate of drug-likeness (QED) is 0.513. The van der Waals surface area contributed by atoms with Crippen molar-refractivity contribution in [1.29, 1.82) is 0 Å². The van der Waals surface area contributed by atoms with Gasteiger partial charge in [0, 0.05) is 17.7 Å². The number of carbonyl (C=O) groups is 1. The summed E-state index contributed by atoms with van der Waals surface area (Å²) in [5.41, 5.74) is 0.851. The Kier molecular flexibility index (Phi) is 5.04. The van der Waals surface area contributed by atoms with Gasteiger partial charge < -0.3 is 4.74 Å². The van der Waals surface area contributed by atoms with Gasteiger partial charge in [0.25, 0.3) is 0 Å². The summed E-state index contributed by atoms with van der Waals surface area (Å²) in [6.45, 7) is 5.09. The number of Topliss-reactive ketones (excluding diaryl/α,β-unsaturated/α-hetero) is 1. The number of carbonyl (C=O) groups excluding carboxylic acids is 1. The standard InChI is InChI=1S/C26H36O2S/c1-25-12-11-23-22(9-4-17-14-18(27)10-13-26(17,23)2)24(25)15-20(16-25)28-19-5-7-21(29-3)8-6-19/h5-8,17,20,22-24H,4,9-16H2,1-3H3/t17-,20-,22+,23-,24-,25+,26-/m0/s1. The molecule has 4 aliphatic carbocycles. The largest absolute Gasteiger partial charge is 0.490 e. The third-order valence-corrected chi connectivity index (χ3v) is 10.3. The lowest BCUT2D eigenvalue weighted by molar-refractivity contribution is -0.137. The average Bonchev–Trinajstić information content (AvgIpc) is 3.05. The predicted octanol–water partition coefficient (Wildman–Crippen LogP) is 6.77. The van der Waals surface area contributed by atoms with Crippen molar-refractivity contribution in [3.05, 3.63) is 24.3 Å². The number of hydrogen-bond acceptors (Lipinski definition) is 3. The fourth-order valence-electron chi connectivity index (χ4n) is 7.98. The topological polar surface area (TPSA) is 26.3 Å². The Bertz CT molecular complexity index is 773. The summed E-state index contributed by atoms with van der Waals surface area (Å²) in [7, 11) is 0. The number of thioether (sulfide) groups is 1. The van der Waals surface area contributed by atoms with Crippen LogP contribution in [0.15, 0.2) is 29.2 Å². The van der Waals surface area contributed by atoms with Gasteiger partial charge in [-0.05, 0) is 110 Å². The van der Waals surface area contributed by atoms with Crippen LogP contribution in [0.5, 0.6) is 5.75 Å². The lowest BCUT2D eigenvalue weighted by Gasteiger charge is -2.59. The molecule has 0 spiro atoms. The normalized spacial score (nSPS) is 44.0. The van der Waals surface area contributed by atoms with E-state index < -0.39 is 0 Å². The number of ketones is 1. The van der Waals surface area contributed by atoms with E-state index in [2.05, 4.69) is 44.4 Å². The van der Waals surface area contributed by atoms with E-state index >= 15 is 0 Å². The Morgan fingerprint density at radius 3 is 2.59 bits per heavy atom. The molecule has 158 valence electrons. The summed E-state index contributed by atoms with van der Waals surface area (Å²) in [5, 5.41) is 0. The number of fused-ring (bicyclic) bond motifs is 5. The molecule has 0 unspecified atom stereocenters. The van der Waals surface area contributed by atoms with Crippen molar-refractivity contribution in [3.63, 3.8) is 0 Å². The number of benzene rings is 1. The fourth-order valence-corrected chi connectivity index (χ4v) is 8.38. The Morgan fingerprint density at radius 2 is 1.83 bits per heavy atom. The first kappa shape index (κ1) is 20.0. The van der Waals surface area contributed by atoms with Crippen LogP contribution in [0, 0.1) is 34.5 Å². The molecule has 2 nitrogen and oxygen atoms in total. The van der Waals surface area contributed by atoms with Gasteiger partial charge in [-0.1, -0.05) is 13.8 Å². The zero-order valence-corrected chi connectivity index (χ0v) is 19.1. The average molecular weight is 413 g/mol. The zero-order chi connectivity index (χ0) is 20.2. The molecule has 7 atom stereocenters. The maximum Gasteiger partial charge on any atom is 0.133 e. The van der Waals surface area contributed by atoms with Crippen molar-refractivity contribution in [2.45, 2.75) is 82.6 Å². The van der Waals surface area contributed by atoms with E-state index in [1.54, 1.807) is 11.8 Å². The third-order valence-electron chi connectivity index (χ3n) is 9.57. The number of hydrogen-bond donors (Lipinski definition) is 0. The van der Waals surface area contributed by atoms with Crippen LogP contribution in [0.4, 0.5) is 0 Å². The minimum Gasteiger partial charge on any atom is -0.490 e. The molecule has 1 aromatic rings. The van der Waals surface area contributed by atoms with Gasteiger partial charge in [0.15, 0.2) is 0 Å². The van der Waals surface area contributed by atoms with Gasteiger partial charge >= 0.3 is 0 Å². The molecule has 0 saturated heterocycles.